The number of hydrogen-bond acceptors (Lipinski definition) is 1. The lowest BCUT2D eigenvalue weighted by Gasteiger charge is -2.09. The van der Waals surface area contributed by atoms with Crippen LogP contribution in [-0.2, 0) is 6.54 Å². The molecular formula is C18H18N3+. The Kier molecular flexibility index (Phi) is 2.52. The maximum absolute atomic E-state index is 4.30. The summed E-state index contributed by atoms with van der Waals surface area (Å²) >= 11 is 0. The first kappa shape index (κ1) is 12.3. The molecule has 1 aliphatic rings. The third-order valence-electron chi connectivity index (χ3n) is 4.27. The second-order valence-electron chi connectivity index (χ2n) is 5.90. The second-order valence-corrected chi connectivity index (χ2v) is 5.90. The van der Waals surface area contributed by atoms with Gasteiger partial charge in [0.1, 0.15) is 24.6 Å². The lowest BCUT2D eigenvalue weighted by atomic mass is 10.0. The molecule has 1 aromatic carbocycles. The second kappa shape index (κ2) is 4.29. The average molecular weight is 276 g/mol. The van der Waals surface area contributed by atoms with Crippen molar-refractivity contribution >= 4 is 0 Å². The van der Waals surface area contributed by atoms with Gasteiger partial charge in [-0.1, -0.05) is 17.7 Å². The summed E-state index contributed by atoms with van der Waals surface area (Å²) in [6.45, 7) is 7.46. The fourth-order valence-electron chi connectivity index (χ4n) is 3.52. The fourth-order valence-corrected chi connectivity index (χ4v) is 3.52. The smallest absolute Gasteiger partial charge is 0.264 e. The highest BCUT2D eigenvalue weighted by Gasteiger charge is 2.31. The summed E-state index contributed by atoms with van der Waals surface area (Å²) in [5.41, 5.74) is 7.80. The van der Waals surface area contributed by atoms with E-state index in [1.165, 1.54) is 39.3 Å². The maximum Gasteiger partial charge on any atom is 0.296 e. The van der Waals surface area contributed by atoms with Gasteiger partial charge in [-0.25, -0.2) is 4.57 Å². The first-order valence-corrected chi connectivity index (χ1v) is 7.27. The summed E-state index contributed by atoms with van der Waals surface area (Å²) in [7, 11) is 0. The van der Waals surface area contributed by atoms with Crippen LogP contribution in [-0.4, -0.2) is 9.55 Å². The highest BCUT2D eigenvalue weighted by atomic mass is 15.2. The molecule has 0 N–H and O–H groups in total. The highest BCUT2D eigenvalue weighted by molar-refractivity contribution is 5.63. The molecule has 0 radical (unpaired) electrons. The Morgan fingerprint density at radius 3 is 2.67 bits per heavy atom. The molecule has 2 aromatic heterocycles. The normalized spacial score (nSPS) is 12.3. The van der Waals surface area contributed by atoms with Gasteiger partial charge >= 0.3 is 0 Å². The van der Waals surface area contributed by atoms with E-state index in [4.69, 9.17) is 0 Å². The molecule has 3 heteroatoms. The number of pyridine rings is 1. The van der Waals surface area contributed by atoms with Crippen LogP contribution < -0.4 is 4.57 Å². The van der Waals surface area contributed by atoms with Crippen molar-refractivity contribution < 1.29 is 4.57 Å². The zero-order valence-corrected chi connectivity index (χ0v) is 12.6. The largest absolute Gasteiger partial charge is 0.296 e. The van der Waals surface area contributed by atoms with E-state index >= 15 is 0 Å². The van der Waals surface area contributed by atoms with Crippen molar-refractivity contribution in [3.05, 3.63) is 65.2 Å². The van der Waals surface area contributed by atoms with E-state index in [0.29, 0.717) is 0 Å². The average Bonchev–Trinajstić information content (AvgIpc) is 2.97. The molecule has 104 valence electrons. The van der Waals surface area contributed by atoms with E-state index in [1.54, 1.807) is 0 Å². The van der Waals surface area contributed by atoms with Crippen molar-refractivity contribution in [2.24, 2.45) is 0 Å². The van der Waals surface area contributed by atoms with Gasteiger partial charge in [0, 0.05) is 18.0 Å². The SMILES string of the molecule is Cc1cc(C)c(-n2cc[n+]3c2-c2cnccc2C3)c(C)c1. The molecule has 0 bridgehead atoms. The van der Waals surface area contributed by atoms with Crippen LogP contribution in [0.2, 0.25) is 0 Å². The summed E-state index contributed by atoms with van der Waals surface area (Å²) in [5.74, 6) is 1.23. The predicted octanol–water partition coefficient (Wildman–Crippen LogP) is 3.11. The highest BCUT2D eigenvalue weighted by Crippen LogP contribution is 2.30. The molecule has 0 atom stereocenters. The molecule has 0 amide bonds. The molecule has 4 rings (SSSR count). The monoisotopic (exact) mass is 276 g/mol. The van der Waals surface area contributed by atoms with Crippen LogP contribution in [0, 0.1) is 20.8 Å². The lowest BCUT2D eigenvalue weighted by molar-refractivity contribution is -0.671. The lowest BCUT2D eigenvalue weighted by Crippen LogP contribution is -2.30. The zero-order valence-electron chi connectivity index (χ0n) is 12.6. The zero-order chi connectivity index (χ0) is 14.6. The van der Waals surface area contributed by atoms with E-state index < -0.39 is 0 Å². The van der Waals surface area contributed by atoms with Gasteiger partial charge in [0.05, 0.1) is 5.56 Å². The van der Waals surface area contributed by atoms with Gasteiger partial charge in [0.15, 0.2) is 0 Å². The minimum Gasteiger partial charge on any atom is -0.264 e. The Labute approximate surface area is 124 Å². The van der Waals surface area contributed by atoms with Gasteiger partial charge < -0.3 is 0 Å². The number of rotatable bonds is 1. The Hall–Kier alpha value is -2.42. The molecule has 0 fully saturated rings. The molecule has 3 nitrogen and oxygen atoms in total. The van der Waals surface area contributed by atoms with Gasteiger partial charge in [-0.15, -0.1) is 0 Å². The number of fused-ring (bicyclic) bond motifs is 3. The van der Waals surface area contributed by atoms with Crippen LogP contribution in [0.25, 0.3) is 17.1 Å². The minimum atomic E-state index is 0.935. The third-order valence-corrected chi connectivity index (χ3v) is 4.27. The molecule has 3 heterocycles. The standard InChI is InChI=1S/C18H18N3/c1-12-8-13(2)17(14(3)9-12)21-7-6-20-11-15-4-5-19-10-16(15)18(20)21/h4-10H,11H2,1-3H3/q+1. The molecule has 0 spiro atoms. The Morgan fingerprint density at radius 2 is 1.90 bits per heavy atom. The molecule has 0 unspecified atom stereocenters. The van der Waals surface area contributed by atoms with Crippen molar-refractivity contribution in [1.29, 1.82) is 0 Å². The quantitative estimate of drug-likeness (QED) is 0.490. The van der Waals surface area contributed by atoms with Gasteiger partial charge in [-0.2, -0.15) is 4.57 Å². The summed E-state index contributed by atoms with van der Waals surface area (Å²) < 4.78 is 4.60. The Bertz CT molecular complexity index is 836. The molecule has 3 aromatic rings. The number of nitrogens with zero attached hydrogens (tertiary/aromatic N) is 3. The van der Waals surface area contributed by atoms with E-state index in [9.17, 15) is 0 Å². The van der Waals surface area contributed by atoms with E-state index in [2.05, 4.69) is 65.5 Å². The number of aromatic nitrogens is 3. The van der Waals surface area contributed by atoms with Crippen LogP contribution in [0.5, 0.6) is 0 Å². The van der Waals surface area contributed by atoms with Crippen molar-refractivity contribution in [3.8, 4) is 17.1 Å². The van der Waals surface area contributed by atoms with Gasteiger partial charge in [0.25, 0.3) is 5.82 Å². The molecule has 0 aliphatic carbocycles. The summed E-state index contributed by atoms with van der Waals surface area (Å²) in [6, 6.07) is 6.61. The van der Waals surface area contributed by atoms with Crippen molar-refractivity contribution in [3.63, 3.8) is 0 Å². The first-order chi connectivity index (χ1) is 10.1. The van der Waals surface area contributed by atoms with E-state index in [1.807, 2.05) is 12.4 Å². The van der Waals surface area contributed by atoms with Gasteiger partial charge in [-0.05, 0) is 38.0 Å². The van der Waals surface area contributed by atoms with E-state index in [0.717, 1.165) is 6.54 Å². The molecule has 0 saturated heterocycles. The summed E-state index contributed by atoms with van der Waals surface area (Å²) in [6.07, 6.45) is 8.17. The first-order valence-electron chi connectivity index (χ1n) is 7.27. The van der Waals surface area contributed by atoms with Crippen molar-refractivity contribution in [2.75, 3.05) is 0 Å². The predicted molar refractivity (Wildman–Crippen MR) is 82.5 cm³/mol. The number of aryl methyl sites for hydroxylation is 3. The van der Waals surface area contributed by atoms with Crippen LogP contribution in [0.3, 0.4) is 0 Å². The van der Waals surface area contributed by atoms with E-state index in [-0.39, 0.29) is 0 Å². The topological polar surface area (TPSA) is 21.7 Å². The summed E-state index contributed by atoms with van der Waals surface area (Å²) in [5, 5.41) is 0. The van der Waals surface area contributed by atoms with Crippen molar-refractivity contribution in [1.82, 2.24) is 9.55 Å². The van der Waals surface area contributed by atoms with Crippen LogP contribution in [0.15, 0.2) is 43.0 Å². The molecule has 1 aliphatic heterocycles. The fraction of sp³-hybridized carbons (Fsp3) is 0.222. The maximum atomic E-state index is 4.30. The Morgan fingerprint density at radius 1 is 1.14 bits per heavy atom. The minimum absolute atomic E-state index is 0.935. The number of benzene rings is 1. The Balaban J connectivity index is 1.99. The van der Waals surface area contributed by atoms with Gasteiger partial charge in [0.2, 0.25) is 0 Å². The van der Waals surface area contributed by atoms with Crippen LogP contribution >= 0.6 is 0 Å². The molecule has 0 saturated carbocycles. The van der Waals surface area contributed by atoms with Crippen LogP contribution in [0.4, 0.5) is 0 Å². The molecular weight excluding hydrogens is 258 g/mol. The summed E-state index contributed by atoms with van der Waals surface area (Å²) in [4.78, 5) is 4.30. The van der Waals surface area contributed by atoms with Crippen molar-refractivity contribution in [2.45, 2.75) is 27.3 Å². The number of hydrogen-bond donors (Lipinski definition) is 0. The van der Waals surface area contributed by atoms with Crippen LogP contribution in [0.1, 0.15) is 22.3 Å². The molecule has 21 heavy (non-hydrogen) atoms. The number of imidazole rings is 1. The van der Waals surface area contributed by atoms with Gasteiger partial charge in [-0.3, -0.25) is 4.98 Å². The third kappa shape index (κ3) is 1.74.